The Morgan fingerprint density at radius 3 is 2.75 bits per heavy atom. The largest absolute Gasteiger partial charge is 0.384 e. The summed E-state index contributed by atoms with van der Waals surface area (Å²) >= 11 is 0. The number of nitriles is 1. The van der Waals surface area contributed by atoms with Gasteiger partial charge < -0.3 is 5.32 Å². The highest BCUT2D eigenvalue weighted by molar-refractivity contribution is 5.42. The fraction of sp³-hybridized carbons (Fsp3) is 0.455. The molecule has 3 nitrogen and oxygen atoms in total. The summed E-state index contributed by atoms with van der Waals surface area (Å²) in [5.41, 5.74) is 1.11. The molecule has 84 valence electrons. The number of nitrogens with zero attached hydrogens (tertiary/aromatic N) is 2. The molecule has 1 aliphatic carbocycles. The van der Waals surface area contributed by atoms with Crippen LogP contribution < -0.4 is 5.32 Å². The van der Waals surface area contributed by atoms with Gasteiger partial charge in [-0.2, -0.15) is 5.26 Å². The first-order valence-electron chi connectivity index (χ1n) is 5.07. The summed E-state index contributed by atoms with van der Waals surface area (Å²) in [4.78, 5) is 3.88. The lowest BCUT2D eigenvalue weighted by atomic mass is 9.81. The van der Waals surface area contributed by atoms with Crippen LogP contribution >= 0.6 is 0 Å². The number of pyridine rings is 1. The third kappa shape index (κ3) is 2.45. The van der Waals surface area contributed by atoms with E-state index in [2.05, 4.69) is 10.3 Å². The molecule has 1 aromatic heterocycles. The van der Waals surface area contributed by atoms with Gasteiger partial charge in [0, 0.05) is 19.4 Å². The minimum absolute atomic E-state index is 0.0330. The number of nitrogens with one attached hydrogen (secondary N) is 1. The molecular weight excluding hydrogens is 212 g/mol. The predicted octanol–water partition coefficient (Wildman–Crippen LogP) is 2.41. The summed E-state index contributed by atoms with van der Waals surface area (Å²) in [7, 11) is 0. The SMILES string of the molecule is N#Cc1ccc(NCC2CC(F)(F)C2)cn1. The van der Waals surface area contributed by atoms with Crippen LogP contribution in [0.4, 0.5) is 14.5 Å². The van der Waals surface area contributed by atoms with Crippen LogP contribution in [0.2, 0.25) is 0 Å². The molecule has 1 aromatic rings. The van der Waals surface area contributed by atoms with Crippen LogP contribution in [0.25, 0.3) is 0 Å². The third-order valence-electron chi connectivity index (χ3n) is 2.65. The summed E-state index contributed by atoms with van der Waals surface area (Å²) in [6, 6.07) is 5.23. The number of aromatic nitrogens is 1. The molecule has 1 aliphatic rings. The highest BCUT2D eigenvalue weighted by atomic mass is 19.3. The van der Waals surface area contributed by atoms with Crippen LogP contribution in [0.5, 0.6) is 0 Å². The molecule has 5 heteroatoms. The monoisotopic (exact) mass is 223 g/mol. The molecule has 1 heterocycles. The zero-order valence-corrected chi connectivity index (χ0v) is 8.58. The van der Waals surface area contributed by atoms with E-state index in [-0.39, 0.29) is 18.8 Å². The van der Waals surface area contributed by atoms with Crippen molar-refractivity contribution in [3.05, 3.63) is 24.0 Å². The number of rotatable bonds is 3. The van der Waals surface area contributed by atoms with E-state index in [1.165, 1.54) is 6.20 Å². The topological polar surface area (TPSA) is 48.7 Å². The fourth-order valence-electron chi connectivity index (χ4n) is 1.76. The van der Waals surface area contributed by atoms with Gasteiger partial charge in [0.15, 0.2) is 0 Å². The minimum Gasteiger partial charge on any atom is -0.384 e. The fourth-order valence-corrected chi connectivity index (χ4v) is 1.76. The molecule has 0 spiro atoms. The first kappa shape index (κ1) is 10.8. The van der Waals surface area contributed by atoms with Crippen LogP contribution in [0, 0.1) is 17.2 Å². The van der Waals surface area contributed by atoms with Gasteiger partial charge in [-0.05, 0) is 18.1 Å². The van der Waals surface area contributed by atoms with Crippen molar-refractivity contribution < 1.29 is 8.78 Å². The van der Waals surface area contributed by atoms with Crippen LogP contribution in [-0.2, 0) is 0 Å². The predicted molar refractivity (Wildman–Crippen MR) is 55.1 cm³/mol. The van der Waals surface area contributed by atoms with Crippen LogP contribution in [0.3, 0.4) is 0 Å². The van der Waals surface area contributed by atoms with Crippen LogP contribution in [0.15, 0.2) is 18.3 Å². The smallest absolute Gasteiger partial charge is 0.248 e. The zero-order chi connectivity index (χ0) is 11.6. The normalized spacial score (nSPS) is 18.6. The van der Waals surface area contributed by atoms with Gasteiger partial charge in [-0.1, -0.05) is 0 Å². The van der Waals surface area contributed by atoms with Gasteiger partial charge in [0.05, 0.1) is 11.9 Å². The van der Waals surface area contributed by atoms with Crippen molar-refractivity contribution >= 4 is 5.69 Å². The number of hydrogen-bond acceptors (Lipinski definition) is 3. The summed E-state index contributed by atoms with van der Waals surface area (Å²) in [5, 5.41) is 11.6. The summed E-state index contributed by atoms with van der Waals surface area (Å²) in [5.74, 6) is -2.43. The Bertz CT molecular complexity index is 400. The molecule has 0 aromatic carbocycles. The zero-order valence-electron chi connectivity index (χ0n) is 8.58. The summed E-state index contributed by atoms with van der Waals surface area (Å²) in [6.07, 6.45) is 1.46. The minimum atomic E-state index is -2.46. The molecule has 2 rings (SSSR count). The lowest BCUT2D eigenvalue weighted by Gasteiger charge is -2.35. The average molecular weight is 223 g/mol. The maximum absolute atomic E-state index is 12.5. The molecular formula is C11H11F2N3. The number of anilines is 1. The van der Waals surface area contributed by atoms with Gasteiger partial charge in [-0.25, -0.2) is 13.8 Å². The highest BCUT2D eigenvalue weighted by Crippen LogP contribution is 2.42. The number of alkyl halides is 2. The van der Waals surface area contributed by atoms with E-state index < -0.39 is 5.92 Å². The Morgan fingerprint density at radius 2 is 2.25 bits per heavy atom. The summed E-state index contributed by atoms with van der Waals surface area (Å²) in [6.45, 7) is 0.531. The lowest BCUT2D eigenvalue weighted by molar-refractivity contribution is -0.106. The van der Waals surface area contributed by atoms with Crippen molar-refractivity contribution in [2.45, 2.75) is 18.8 Å². The van der Waals surface area contributed by atoms with Gasteiger partial charge in [0.1, 0.15) is 11.8 Å². The average Bonchev–Trinajstić information content (AvgIpc) is 2.24. The third-order valence-corrected chi connectivity index (χ3v) is 2.65. The van der Waals surface area contributed by atoms with Crippen molar-refractivity contribution in [3.63, 3.8) is 0 Å². The van der Waals surface area contributed by atoms with Gasteiger partial charge in [-0.3, -0.25) is 0 Å². The van der Waals surface area contributed by atoms with Crippen molar-refractivity contribution in [3.8, 4) is 6.07 Å². The Balaban J connectivity index is 1.80. The first-order chi connectivity index (χ1) is 7.59. The Morgan fingerprint density at radius 1 is 1.50 bits per heavy atom. The second kappa shape index (κ2) is 4.05. The van der Waals surface area contributed by atoms with Crippen LogP contribution in [0.1, 0.15) is 18.5 Å². The van der Waals surface area contributed by atoms with Crippen LogP contribution in [-0.4, -0.2) is 17.5 Å². The Hall–Kier alpha value is -1.70. The molecule has 1 fully saturated rings. The lowest BCUT2D eigenvalue weighted by Crippen LogP contribution is -2.39. The van der Waals surface area contributed by atoms with Gasteiger partial charge >= 0.3 is 0 Å². The standard InChI is InChI=1S/C11H11F2N3/c12-11(13)3-8(4-11)6-15-10-2-1-9(5-14)16-7-10/h1-2,7-8,15H,3-4,6H2. The molecule has 0 bridgehead atoms. The molecule has 16 heavy (non-hydrogen) atoms. The molecule has 1 N–H and O–H groups in total. The Labute approximate surface area is 92.1 Å². The van der Waals surface area contributed by atoms with E-state index in [0.29, 0.717) is 12.2 Å². The molecule has 0 amide bonds. The van der Waals surface area contributed by atoms with Crippen molar-refractivity contribution in [2.75, 3.05) is 11.9 Å². The molecule has 0 saturated heterocycles. The van der Waals surface area contributed by atoms with E-state index in [1.807, 2.05) is 6.07 Å². The van der Waals surface area contributed by atoms with Crippen molar-refractivity contribution in [1.29, 1.82) is 5.26 Å². The summed E-state index contributed by atoms with van der Waals surface area (Å²) < 4.78 is 25.1. The van der Waals surface area contributed by atoms with Gasteiger partial charge in [0.25, 0.3) is 0 Å². The van der Waals surface area contributed by atoms with E-state index in [1.54, 1.807) is 12.1 Å². The van der Waals surface area contributed by atoms with Gasteiger partial charge in [0.2, 0.25) is 5.92 Å². The van der Waals surface area contributed by atoms with E-state index in [4.69, 9.17) is 5.26 Å². The Kier molecular flexibility index (Phi) is 2.73. The second-order valence-corrected chi connectivity index (χ2v) is 4.06. The quantitative estimate of drug-likeness (QED) is 0.856. The maximum Gasteiger partial charge on any atom is 0.248 e. The molecule has 0 radical (unpaired) electrons. The first-order valence-corrected chi connectivity index (χ1v) is 5.07. The second-order valence-electron chi connectivity index (χ2n) is 4.06. The molecule has 0 atom stereocenters. The van der Waals surface area contributed by atoms with Crippen molar-refractivity contribution in [1.82, 2.24) is 4.98 Å². The highest BCUT2D eigenvalue weighted by Gasteiger charge is 2.44. The van der Waals surface area contributed by atoms with Crippen molar-refractivity contribution in [2.24, 2.45) is 5.92 Å². The van der Waals surface area contributed by atoms with E-state index in [9.17, 15) is 8.78 Å². The van der Waals surface area contributed by atoms with Gasteiger partial charge in [-0.15, -0.1) is 0 Å². The maximum atomic E-state index is 12.5. The molecule has 0 aliphatic heterocycles. The number of hydrogen-bond donors (Lipinski definition) is 1. The van der Waals surface area contributed by atoms with E-state index in [0.717, 1.165) is 5.69 Å². The number of halogens is 2. The molecule has 0 unspecified atom stereocenters. The van der Waals surface area contributed by atoms with E-state index >= 15 is 0 Å². The molecule has 1 saturated carbocycles.